The number of rotatable bonds is 2. The molecule has 0 spiro atoms. The molecule has 0 unspecified atom stereocenters. The lowest BCUT2D eigenvalue weighted by molar-refractivity contribution is -0.0471. The van der Waals surface area contributed by atoms with Crippen LogP contribution in [0, 0.1) is 94.7 Å². The van der Waals surface area contributed by atoms with Crippen LogP contribution in [-0.4, -0.2) is 75.3 Å². The summed E-state index contributed by atoms with van der Waals surface area (Å²) in [5, 5.41) is 20.1. The smallest absolute Gasteiger partial charge is 0.104 e. The van der Waals surface area contributed by atoms with Crippen molar-refractivity contribution >= 4 is 0 Å². The lowest BCUT2D eigenvalue weighted by Gasteiger charge is -2.19. The van der Waals surface area contributed by atoms with Gasteiger partial charge in [-0.15, -0.1) is 0 Å². The van der Waals surface area contributed by atoms with Gasteiger partial charge in [-0.1, -0.05) is 368 Å². The van der Waals surface area contributed by atoms with Crippen molar-refractivity contribution in [2.45, 2.75) is 406 Å². The Morgan fingerprint density at radius 1 is 0.185 bits per heavy atom. The lowest BCUT2D eigenvalue weighted by atomic mass is 9.88. The zero-order valence-electron chi connectivity index (χ0n) is 65.7. The third kappa shape index (κ3) is 56.6. The van der Waals surface area contributed by atoms with Gasteiger partial charge < -0.3 is 29.2 Å². The summed E-state index contributed by atoms with van der Waals surface area (Å²) in [5.74, 6) is 12.9. The Hall–Kier alpha value is -0.240. The van der Waals surface area contributed by atoms with Crippen LogP contribution in [0.25, 0.3) is 0 Å². The highest BCUT2D eigenvalue weighted by atomic mass is 16.5. The quantitative estimate of drug-likeness (QED) is 0.287. The molecule has 6 nitrogen and oxygen atoms in total. The van der Waals surface area contributed by atoms with Crippen molar-refractivity contribution in [3.8, 4) is 0 Å². The van der Waals surface area contributed by atoms with Crippen molar-refractivity contribution in [3.05, 3.63) is 0 Å². The maximum Gasteiger partial charge on any atom is 0.104 e. The topological polar surface area (TPSA) is 77.4 Å². The van der Waals surface area contributed by atoms with E-state index in [1.165, 1.54) is 257 Å². The molecule has 92 heavy (non-hydrogen) atoms. The number of aliphatic hydroxyl groups is 2. The van der Waals surface area contributed by atoms with E-state index < -0.39 is 0 Å². The first kappa shape index (κ1) is 89.8. The maximum atomic E-state index is 10.0. The van der Waals surface area contributed by atoms with Crippen LogP contribution < -0.4 is 0 Å². The Morgan fingerprint density at radius 3 is 0.467 bits per heavy atom. The maximum absolute atomic E-state index is 10.0. The molecule has 0 aromatic heterocycles. The van der Waals surface area contributed by atoms with Crippen LogP contribution in [0.3, 0.4) is 0 Å². The van der Waals surface area contributed by atoms with E-state index in [2.05, 4.69) is 111 Å². The zero-order valence-corrected chi connectivity index (χ0v) is 65.7. The van der Waals surface area contributed by atoms with E-state index in [1.54, 1.807) is 0 Å². The first-order valence-corrected chi connectivity index (χ1v) is 41.8. The molecular formula is C86H172O6. The standard InChI is InChI=1S/C86H172O6/c1-69-29-17-33-73(5)41-25-49-81(13)57-61-89-67-85(65-87)91-63-59-83(15)52-28-44-76(8)36-20-32-72(4)40-24-48-80(12)56-54-78(10)46-22-38-70(2)30-18-34-74(6)42-26-50-82(14)58-62-90-68-86(66-88)92-64-60-84(16)51-27-43-75(7)35-19-31-71(3)39-23-47-79(11)55-53-77(9)45-21-37-69/h69-88H,17-68H2,1-16H3/t69-,70-,71-,72-,73-,74-,75+,76+,77+,78+,79+,80+,81-,82-,83+,84+,85-,86-/m0/s1. The molecule has 0 radical (unpaired) electrons. The van der Waals surface area contributed by atoms with E-state index in [0.29, 0.717) is 36.9 Å². The minimum atomic E-state index is -0.203. The first-order valence-electron chi connectivity index (χ1n) is 41.8. The van der Waals surface area contributed by atoms with Gasteiger partial charge in [0.2, 0.25) is 0 Å². The van der Waals surface area contributed by atoms with Gasteiger partial charge in [-0.3, -0.25) is 0 Å². The Morgan fingerprint density at radius 2 is 0.315 bits per heavy atom. The SMILES string of the molecule is C[C@@H]1CCC[C@H](C)CCC[C@@H](C)CC[C@H](C)CCC[C@@H](C)CCC[C@H](C)CCC[C@H](C)CCOC[C@H](CO)OCC[C@H](C)CCC[C@H](C)CCC[C@H](C)CCC[C@@H](C)CC[C@H](C)CCC[C@@H](C)CCC[C@H](C)CCC[C@H](C)CCOC[C@H](CO)OCC[C@H](C)CCC1. The fraction of sp³-hybridized carbons (Fsp3) is 1.00. The number of hydrogen-bond acceptors (Lipinski definition) is 6. The molecule has 0 aromatic rings. The molecule has 1 aliphatic heterocycles. The highest BCUT2D eigenvalue weighted by Crippen LogP contribution is 2.31. The molecule has 1 heterocycles. The summed E-state index contributed by atoms with van der Waals surface area (Å²) in [7, 11) is 0. The summed E-state index contributed by atoms with van der Waals surface area (Å²) in [4.78, 5) is 0. The van der Waals surface area contributed by atoms with Gasteiger partial charge in [-0.05, 0) is 120 Å². The molecule has 1 fully saturated rings. The molecule has 0 aliphatic carbocycles. The van der Waals surface area contributed by atoms with E-state index in [1.807, 2.05) is 0 Å². The monoisotopic (exact) mass is 1300 g/mol. The van der Waals surface area contributed by atoms with Crippen molar-refractivity contribution in [2.24, 2.45) is 94.7 Å². The third-order valence-electron chi connectivity index (χ3n) is 23.5. The Labute approximate surface area is 579 Å². The van der Waals surface area contributed by atoms with Gasteiger partial charge in [0, 0.05) is 26.4 Å². The molecule has 0 amide bonds. The second-order valence-corrected chi connectivity index (χ2v) is 34.7. The first-order chi connectivity index (χ1) is 44.2. The summed E-state index contributed by atoms with van der Waals surface area (Å²) in [5.41, 5.74) is 0. The normalized spacial score (nSPS) is 36.1. The predicted molar refractivity (Wildman–Crippen MR) is 405 cm³/mol. The van der Waals surface area contributed by atoms with Crippen LogP contribution >= 0.6 is 0 Å². The molecule has 1 aliphatic rings. The summed E-state index contributed by atoms with van der Waals surface area (Å²) >= 11 is 0. The highest BCUT2D eigenvalue weighted by molar-refractivity contribution is 4.70. The van der Waals surface area contributed by atoms with Gasteiger partial charge in [-0.2, -0.15) is 0 Å². The largest absolute Gasteiger partial charge is 0.394 e. The summed E-state index contributed by atoms with van der Waals surface area (Å²) in [6, 6.07) is 0. The van der Waals surface area contributed by atoms with Gasteiger partial charge in [0.1, 0.15) is 12.2 Å². The van der Waals surface area contributed by atoms with E-state index in [-0.39, 0.29) is 25.4 Å². The molecule has 0 bridgehead atoms. The van der Waals surface area contributed by atoms with Crippen LogP contribution in [0.2, 0.25) is 0 Å². The van der Waals surface area contributed by atoms with Crippen LogP contribution in [0.5, 0.6) is 0 Å². The van der Waals surface area contributed by atoms with Gasteiger partial charge >= 0.3 is 0 Å². The average molecular weight is 1300 g/mol. The molecule has 0 aromatic carbocycles. The van der Waals surface area contributed by atoms with Crippen molar-refractivity contribution < 1.29 is 29.2 Å². The minimum Gasteiger partial charge on any atom is -0.394 e. The molecule has 18 atom stereocenters. The molecule has 552 valence electrons. The van der Waals surface area contributed by atoms with Crippen molar-refractivity contribution in [3.63, 3.8) is 0 Å². The Balaban J connectivity index is 2.51. The average Bonchev–Trinajstić information content (AvgIpc) is 3.53. The Bertz CT molecular complexity index is 1410. The van der Waals surface area contributed by atoms with Crippen molar-refractivity contribution in [1.82, 2.24) is 0 Å². The zero-order chi connectivity index (χ0) is 68.0. The number of hydrogen-bond donors (Lipinski definition) is 2. The van der Waals surface area contributed by atoms with Gasteiger partial charge in [0.05, 0.1) is 26.4 Å². The minimum absolute atomic E-state index is 0.0415. The van der Waals surface area contributed by atoms with E-state index in [0.717, 1.165) is 123 Å². The van der Waals surface area contributed by atoms with Gasteiger partial charge in [0.15, 0.2) is 0 Å². The summed E-state index contributed by atoms with van der Waals surface area (Å²) in [6.07, 6.45) is 59.0. The molecule has 1 rings (SSSR count). The molecular weight excluding hydrogens is 1130 g/mol. The summed E-state index contributed by atoms with van der Waals surface area (Å²) in [6.45, 7) is 43.7. The highest BCUT2D eigenvalue weighted by Gasteiger charge is 2.18. The molecule has 2 N–H and O–H groups in total. The predicted octanol–water partition coefficient (Wildman–Crippen LogP) is 26.1. The number of ether oxygens (including phenoxy) is 4. The second kappa shape index (κ2) is 60.7. The van der Waals surface area contributed by atoms with Crippen molar-refractivity contribution in [2.75, 3.05) is 52.9 Å². The molecule has 0 saturated carbocycles. The van der Waals surface area contributed by atoms with Crippen molar-refractivity contribution in [1.29, 1.82) is 0 Å². The lowest BCUT2D eigenvalue weighted by Crippen LogP contribution is -2.25. The molecule has 6 heteroatoms. The van der Waals surface area contributed by atoms with Crippen LogP contribution in [0.4, 0.5) is 0 Å². The van der Waals surface area contributed by atoms with Crippen LogP contribution in [-0.2, 0) is 18.9 Å². The number of aliphatic hydroxyl groups excluding tert-OH is 2. The van der Waals surface area contributed by atoms with E-state index >= 15 is 0 Å². The van der Waals surface area contributed by atoms with Gasteiger partial charge in [0.25, 0.3) is 0 Å². The fourth-order valence-corrected chi connectivity index (χ4v) is 15.4. The van der Waals surface area contributed by atoms with Crippen LogP contribution in [0.15, 0.2) is 0 Å². The fourth-order valence-electron chi connectivity index (χ4n) is 15.4. The van der Waals surface area contributed by atoms with Gasteiger partial charge in [-0.25, -0.2) is 0 Å². The third-order valence-corrected chi connectivity index (χ3v) is 23.5. The van der Waals surface area contributed by atoms with E-state index in [9.17, 15) is 10.2 Å². The van der Waals surface area contributed by atoms with Crippen LogP contribution in [0.1, 0.15) is 393 Å². The second-order valence-electron chi connectivity index (χ2n) is 34.7. The molecule has 1 saturated heterocycles. The van der Waals surface area contributed by atoms with E-state index in [4.69, 9.17) is 18.9 Å². The Kier molecular flexibility index (Phi) is 59.2. The summed E-state index contributed by atoms with van der Waals surface area (Å²) < 4.78 is 24.4.